The van der Waals surface area contributed by atoms with E-state index < -0.39 is 0 Å². The van der Waals surface area contributed by atoms with Crippen molar-refractivity contribution in [1.29, 1.82) is 0 Å². The fourth-order valence-corrected chi connectivity index (χ4v) is 3.52. The molecule has 34 heavy (non-hydrogen) atoms. The van der Waals surface area contributed by atoms with Gasteiger partial charge < -0.3 is 10.1 Å². The lowest BCUT2D eigenvalue weighted by atomic mass is 10.2. The highest BCUT2D eigenvalue weighted by Gasteiger charge is 2.18. The van der Waals surface area contributed by atoms with E-state index >= 15 is 0 Å². The molecule has 0 aromatic heterocycles. The van der Waals surface area contributed by atoms with Crippen molar-refractivity contribution in [3.8, 4) is 5.75 Å². The molecule has 0 aliphatic heterocycles. The first-order valence-electron chi connectivity index (χ1n) is 11.2. The van der Waals surface area contributed by atoms with Gasteiger partial charge in [-0.25, -0.2) is 0 Å². The van der Waals surface area contributed by atoms with E-state index in [0.717, 1.165) is 22.7 Å². The average molecular weight is 451 g/mol. The maximum atomic E-state index is 13.1. The molecule has 0 saturated heterocycles. The number of amides is 2. The van der Waals surface area contributed by atoms with E-state index in [1.807, 2.05) is 103 Å². The standard InChI is InChI=1S/C29H26N2O3/c32-28(30-24-16-18-27(19-17-24)34-22-23-10-4-1-5-11-23)20-21-29(33)31(25-12-6-2-7-13-25)26-14-8-3-9-15-26/h1-19H,20-22H2,(H,30,32). The Bertz CT molecular complexity index is 1160. The molecule has 0 fully saturated rings. The Morgan fingerprint density at radius 3 is 1.74 bits per heavy atom. The summed E-state index contributed by atoms with van der Waals surface area (Å²) in [6.45, 7) is 0.480. The second-order valence-corrected chi connectivity index (χ2v) is 7.75. The first-order chi connectivity index (χ1) is 16.7. The summed E-state index contributed by atoms with van der Waals surface area (Å²) in [6.07, 6.45) is 0.176. The van der Waals surface area contributed by atoms with Crippen LogP contribution in [0.4, 0.5) is 17.1 Å². The molecule has 4 aromatic carbocycles. The van der Waals surface area contributed by atoms with E-state index in [4.69, 9.17) is 4.74 Å². The van der Waals surface area contributed by atoms with Gasteiger partial charge in [0.2, 0.25) is 11.8 Å². The van der Waals surface area contributed by atoms with Crippen LogP contribution in [0.3, 0.4) is 0 Å². The van der Waals surface area contributed by atoms with Gasteiger partial charge in [0.05, 0.1) is 0 Å². The fraction of sp³-hybridized carbons (Fsp3) is 0.103. The average Bonchev–Trinajstić information content (AvgIpc) is 2.89. The maximum absolute atomic E-state index is 13.1. The Kier molecular flexibility index (Phi) is 7.70. The van der Waals surface area contributed by atoms with Crippen LogP contribution in [0, 0.1) is 0 Å². The van der Waals surface area contributed by atoms with Gasteiger partial charge in [0.25, 0.3) is 0 Å². The molecular formula is C29H26N2O3. The lowest BCUT2D eigenvalue weighted by Crippen LogP contribution is -2.27. The van der Waals surface area contributed by atoms with Crippen molar-refractivity contribution in [1.82, 2.24) is 0 Å². The number of nitrogens with one attached hydrogen (secondary N) is 1. The molecule has 5 heteroatoms. The Morgan fingerprint density at radius 1 is 0.647 bits per heavy atom. The van der Waals surface area contributed by atoms with Crippen molar-refractivity contribution in [2.45, 2.75) is 19.4 Å². The number of para-hydroxylation sites is 2. The predicted molar refractivity (Wildman–Crippen MR) is 135 cm³/mol. The molecule has 2 amide bonds. The first kappa shape index (κ1) is 22.8. The SMILES string of the molecule is O=C(CCC(=O)N(c1ccccc1)c1ccccc1)Nc1ccc(OCc2ccccc2)cc1. The lowest BCUT2D eigenvalue weighted by Gasteiger charge is -2.23. The zero-order valence-corrected chi connectivity index (χ0v) is 18.8. The number of carbonyl (C=O) groups excluding carboxylic acids is 2. The maximum Gasteiger partial charge on any atom is 0.232 e. The summed E-state index contributed by atoms with van der Waals surface area (Å²) in [4.78, 5) is 27.2. The monoisotopic (exact) mass is 450 g/mol. The van der Waals surface area contributed by atoms with E-state index in [0.29, 0.717) is 12.3 Å². The van der Waals surface area contributed by atoms with Gasteiger partial charge in [0.15, 0.2) is 0 Å². The Balaban J connectivity index is 1.31. The number of hydrogen-bond donors (Lipinski definition) is 1. The van der Waals surface area contributed by atoms with Gasteiger partial charge in [-0.2, -0.15) is 0 Å². The van der Waals surface area contributed by atoms with Crippen LogP contribution >= 0.6 is 0 Å². The number of hydrogen-bond acceptors (Lipinski definition) is 3. The van der Waals surface area contributed by atoms with Gasteiger partial charge in [-0.1, -0.05) is 66.7 Å². The van der Waals surface area contributed by atoms with Crippen LogP contribution in [-0.2, 0) is 16.2 Å². The smallest absolute Gasteiger partial charge is 0.232 e. The molecule has 0 aliphatic carbocycles. The van der Waals surface area contributed by atoms with Gasteiger partial charge in [0.1, 0.15) is 12.4 Å². The normalized spacial score (nSPS) is 10.4. The molecule has 1 N–H and O–H groups in total. The number of nitrogens with zero attached hydrogens (tertiary/aromatic N) is 1. The highest BCUT2D eigenvalue weighted by Crippen LogP contribution is 2.26. The van der Waals surface area contributed by atoms with Gasteiger partial charge in [-0.3, -0.25) is 14.5 Å². The Labute approximate surface area is 199 Å². The zero-order valence-electron chi connectivity index (χ0n) is 18.8. The topological polar surface area (TPSA) is 58.6 Å². The molecule has 0 heterocycles. The third kappa shape index (κ3) is 6.33. The Hall–Kier alpha value is -4.38. The summed E-state index contributed by atoms with van der Waals surface area (Å²) in [6, 6.07) is 36.0. The van der Waals surface area contributed by atoms with Crippen molar-refractivity contribution in [2.24, 2.45) is 0 Å². The first-order valence-corrected chi connectivity index (χ1v) is 11.2. The summed E-state index contributed by atoms with van der Waals surface area (Å²) in [5.74, 6) is 0.364. The molecule has 0 aliphatic rings. The molecule has 170 valence electrons. The molecule has 4 aromatic rings. The second-order valence-electron chi connectivity index (χ2n) is 7.75. The predicted octanol–water partition coefficient (Wildman–Crippen LogP) is 6.35. The lowest BCUT2D eigenvalue weighted by molar-refractivity contribution is -0.122. The van der Waals surface area contributed by atoms with Crippen LogP contribution in [-0.4, -0.2) is 11.8 Å². The van der Waals surface area contributed by atoms with Crippen molar-refractivity contribution >= 4 is 28.9 Å². The highest BCUT2D eigenvalue weighted by atomic mass is 16.5. The van der Waals surface area contributed by atoms with Crippen molar-refractivity contribution in [3.63, 3.8) is 0 Å². The van der Waals surface area contributed by atoms with Crippen LogP contribution in [0.2, 0.25) is 0 Å². The number of benzene rings is 4. The summed E-state index contributed by atoms with van der Waals surface area (Å²) in [5.41, 5.74) is 3.28. The number of ether oxygens (including phenoxy) is 1. The number of rotatable bonds is 9. The molecule has 4 rings (SSSR count). The van der Waals surface area contributed by atoms with Crippen LogP contribution in [0.5, 0.6) is 5.75 Å². The van der Waals surface area contributed by atoms with Crippen molar-refractivity contribution in [3.05, 3.63) is 121 Å². The van der Waals surface area contributed by atoms with Gasteiger partial charge in [0, 0.05) is 29.9 Å². The van der Waals surface area contributed by atoms with Crippen LogP contribution in [0.1, 0.15) is 18.4 Å². The summed E-state index contributed by atoms with van der Waals surface area (Å²) < 4.78 is 5.78. The molecule has 5 nitrogen and oxygen atoms in total. The minimum atomic E-state index is -0.215. The Morgan fingerprint density at radius 2 is 1.18 bits per heavy atom. The molecule has 0 saturated carbocycles. The van der Waals surface area contributed by atoms with E-state index in [1.54, 1.807) is 17.0 Å². The second kappa shape index (κ2) is 11.5. The van der Waals surface area contributed by atoms with Crippen LogP contribution < -0.4 is 15.0 Å². The van der Waals surface area contributed by atoms with Crippen LogP contribution in [0.25, 0.3) is 0 Å². The minimum Gasteiger partial charge on any atom is -0.489 e. The number of carbonyl (C=O) groups is 2. The molecule has 0 bridgehead atoms. The summed E-state index contributed by atoms with van der Waals surface area (Å²) in [5, 5.41) is 2.85. The third-order valence-electron chi connectivity index (χ3n) is 5.23. The quantitative estimate of drug-likeness (QED) is 0.323. The summed E-state index contributed by atoms with van der Waals surface area (Å²) in [7, 11) is 0. The zero-order chi connectivity index (χ0) is 23.6. The third-order valence-corrected chi connectivity index (χ3v) is 5.23. The van der Waals surface area contributed by atoms with Crippen LogP contribution in [0.15, 0.2) is 115 Å². The number of anilines is 3. The van der Waals surface area contributed by atoms with E-state index in [2.05, 4.69) is 5.32 Å². The molecule has 0 unspecified atom stereocenters. The van der Waals surface area contributed by atoms with Crippen molar-refractivity contribution in [2.75, 3.05) is 10.2 Å². The van der Waals surface area contributed by atoms with Crippen molar-refractivity contribution < 1.29 is 14.3 Å². The summed E-state index contributed by atoms with van der Waals surface area (Å²) >= 11 is 0. The van der Waals surface area contributed by atoms with E-state index in [1.165, 1.54) is 0 Å². The molecular weight excluding hydrogens is 424 g/mol. The molecule has 0 atom stereocenters. The van der Waals surface area contributed by atoms with E-state index in [9.17, 15) is 9.59 Å². The highest BCUT2D eigenvalue weighted by molar-refractivity contribution is 6.02. The van der Waals surface area contributed by atoms with Gasteiger partial charge >= 0.3 is 0 Å². The van der Waals surface area contributed by atoms with Gasteiger partial charge in [-0.05, 0) is 54.1 Å². The molecule has 0 radical (unpaired) electrons. The van der Waals surface area contributed by atoms with Gasteiger partial charge in [-0.15, -0.1) is 0 Å². The fourth-order valence-electron chi connectivity index (χ4n) is 3.52. The minimum absolute atomic E-state index is 0.0846. The molecule has 0 spiro atoms. The largest absolute Gasteiger partial charge is 0.489 e. The van der Waals surface area contributed by atoms with E-state index in [-0.39, 0.29) is 24.7 Å².